The molecule has 0 atom stereocenters. The number of para-hydroxylation sites is 1. The number of hydrogen-bond donors (Lipinski definition) is 2. The number of carboxylic acid groups (broad SMARTS) is 1. The predicted octanol–water partition coefficient (Wildman–Crippen LogP) is 3.26. The van der Waals surface area contributed by atoms with Crippen LogP contribution in [0.5, 0.6) is 5.75 Å². The molecule has 1 spiro atoms. The van der Waals surface area contributed by atoms with Crippen molar-refractivity contribution in [2.75, 3.05) is 32.8 Å². The van der Waals surface area contributed by atoms with Crippen molar-refractivity contribution in [1.82, 2.24) is 9.62 Å². The lowest BCUT2D eigenvalue weighted by Crippen LogP contribution is -2.51. The summed E-state index contributed by atoms with van der Waals surface area (Å²) in [7, 11) is -3.52. The maximum Gasteiger partial charge on any atom is 0.490 e. The zero-order valence-electron chi connectivity index (χ0n) is 17.7. The van der Waals surface area contributed by atoms with E-state index in [9.17, 15) is 21.6 Å². The van der Waals surface area contributed by atoms with Gasteiger partial charge in [-0.25, -0.2) is 13.2 Å². The van der Waals surface area contributed by atoms with Crippen molar-refractivity contribution >= 4 is 16.0 Å². The van der Waals surface area contributed by atoms with Gasteiger partial charge >= 0.3 is 12.1 Å². The molecule has 2 fully saturated rings. The van der Waals surface area contributed by atoms with Crippen LogP contribution in [0.2, 0.25) is 0 Å². The molecule has 3 aliphatic rings. The van der Waals surface area contributed by atoms with E-state index in [0.717, 1.165) is 38.8 Å². The molecule has 7 nitrogen and oxygen atoms in total. The van der Waals surface area contributed by atoms with E-state index in [1.165, 1.54) is 12.8 Å². The van der Waals surface area contributed by atoms with Crippen LogP contribution in [0.25, 0.3) is 0 Å². The first-order chi connectivity index (χ1) is 15.0. The molecular weight excluding hydrogens is 449 g/mol. The van der Waals surface area contributed by atoms with Crippen LogP contribution < -0.4 is 10.1 Å². The Labute approximate surface area is 186 Å². The molecule has 0 amide bonds. The normalized spacial score (nSPS) is 23.2. The highest BCUT2D eigenvalue weighted by molar-refractivity contribution is 7.89. The second-order valence-corrected chi connectivity index (χ2v) is 10.6. The molecule has 1 aromatic rings. The number of sulfonamides is 1. The number of fused-ring (bicyclic) bond motifs is 1. The third-order valence-electron chi connectivity index (χ3n) is 6.36. The fraction of sp³-hybridized carbons (Fsp3) is 0.667. The number of carboxylic acids is 1. The molecular formula is C21H29F3N2O5S. The van der Waals surface area contributed by atoms with Crippen molar-refractivity contribution in [2.45, 2.75) is 49.6 Å². The number of ether oxygens (including phenoxy) is 1. The van der Waals surface area contributed by atoms with Gasteiger partial charge in [0.05, 0.1) is 6.61 Å². The Hall–Kier alpha value is -1.85. The molecule has 1 saturated heterocycles. The van der Waals surface area contributed by atoms with Crippen molar-refractivity contribution < 1.29 is 36.2 Å². The second-order valence-electron chi connectivity index (χ2n) is 8.74. The smallest absolute Gasteiger partial charge is 0.490 e. The van der Waals surface area contributed by atoms with Gasteiger partial charge in [0, 0.05) is 18.5 Å². The maximum absolute atomic E-state index is 13.4. The highest BCUT2D eigenvalue weighted by Gasteiger charge is 2.42. The maximum atomic E-state index is 13.4. The van der Waals surface area contributed by atoms with E-state index in [0.29, 0.717) is 36.3 Å². The van der Waals surface area contributed by atoms with Gasteiger partial charge in [-0.05, 0) is 56.8 Å². The monoisotopic (exact) mass is 478 g/mol. The van der Waals surface area contributed by atoms with Gasteiger partial charge in [0.2, 0.25) is 10.0 Å². The number of nitrogens with zero attached hydrogens (tertiary/aromatic N) is 1. The average Bonchev–Trinajstić information content (AvgIpc) is 3.25. The summed E-state index contributed by atoms with van der Waals surface area (Å²) in [5, 5.41) is 10.5. The zero-order chi connectivity index (χ0) is 23.4. The minimum atomic E-state index is -5.08. The molecule has 2 aliphatic heterocycles. The van der Waals surface area contributed by atoms with Gasteiger partial charge in [0.25, 0.3) is 0 Å². The lowest BCUT2D eigenvalue weighted by Gasteiger charge is -2.42. The summed E-state index contributed by atoms with van der Waals surface area (Å²) < 4.78 is 66.4. The Morgan fingerprint density at radius 1 is 1.19 bits per heavy atom. The number of carbonyl (C=O) groups is 1. The standard InChI is InChI=1S/C19H28N2O3S.C2HF3O2/c22-25(23)18-8-4-3-7-17(18)24-15-19(9-11-20-12-10-19)14-21(25)13-16-5-1-2-6-16;3-2(4,5)1(6)7/h3-4,7-8,16,20H,1-2,5-6,9-15H2;(H,6,7). The molecule has 2 N–H and O–H groups in total. The minimum Gasteiger partial charge on any atom is -0.492 e. The number of halogens is 3. The van der Waals surface area contributed by atoms with E-state index in [-0.39, 0.29) is 5.41 Å². The molecule has 0 aromatic heterocycles. The lowest BCUT2D eigenvalue weighted by atomic mass is 9.79. The summed E-state index contributed by atoms with van der Waals surface area (Å²) in [4.78, 5) is 9.23. The lowest BCUT2D eigenvalue weighted by molar-refractivity contribution is -0.192. The number of nitrogens with one attached hydrogen (secondary N) is 1. The van der Waals surface area contributed by atoms with E-state index < -0.39 is 22.2 Å². The SMILES string of the molecule is O=C(O)C(F)(F)F.O=S1(=O)c2ccccc2OCC2(CCNCC2)CN1CC1CCCC1. The second kappa shape index (κ2) is 9.96. The third-order valence-corrected chi connectivity index (χ3v) is 8.21. The number of hydrogen-bond acceptors (Lipinski definition) is 5. The number of benzene rings is 1. The van der Waals surface area contributed by atoms with E-state index in [4.69, 9.17) is 14.6 Å². The molecule has 32 heavy (non-hydrogen) atoms. The Bertz CT molecular complexity index is 895. The quantitative estimate of drug-likeness (QED) is 0.678. The summed E-state index contributed by atoms with van der Waals surface area (Å²) >= 11 is 0. The average molecular weight is 479 g/mol. The van der Waals surface area contributed by atoms with Gasteiger partial charge in [0.1, 0.15) is 10.6 Å². The first kappa shape index (κ1) is 24.8. The van der Waals surface area contributed by atoms with Crippen LogP contribution in [0.4, 0.5) is 13.2 Å². The molecule has 1 aliphatic carbocycles. The van der Waals surface area contributed by atoms with Crippen molar-refractivity contribution in [3.8, 4) is 5.75 Å². The molecule has 2 heterocycles. The summed E-state index contributed by atoms with van der Waals surface area (Å²) in [5.41, 5.74) is -0.0789. The van der Waals surface area contributed by atoms with Gasteiger partial charge in [-0.3, -0.25) is 0 Å². The van der Waals surface area contributed by atoms with E-state index in [1.807, 2.05) is 6.07 Å². The van der Waals surface area contributed by atoms with Crippen LogP contribution in [0, 0.1) is 11.3 Å². The van der Waals surface area contributed by atoms with Crippen molar-refractivity contribution in [2.24, 2.45) is 11.3 Å². The van der Waals surface area contributed by atoms with Crippen LogP contribution in [0.15, 0.2) is 29.2 Å². The van der Waals surface area contributed by atoms with E-state index >= 15 is 0 Å². The van der Waals surface area contributed by atoms with E-state index in [1.54, 1.807) is 22.5 Å². The van der Waals surface area contributed by atoms with Gasteiger partial charge in [-0.2, -0.15) is 17.5 Å². The molecule has 0 unspecified atom stereocenters. The van der Waals surface area contributed by atoms with Crippen LogP contribution >= 0.6 is 0 Å². The first-order valence-electron chi connectivity index (χ1n) is 10.8. The molecule has 180 valence electrons. The van der Waals surface area contributed by atoms with Crippen molar-refractivity contribution in [1.29, 1.82) is 0 Å². The number of alkyl halides is 3. The zero-order valence-corrected chi connectivity index (χ0v) is 18.6. The third kappa shape index (κ3) is 5.93. The van der Waals surface area contributed by atoms with Crippen LogP contribution in [-0.4, -0.2) is 62.8 Å². The fourth-order valence-corrected chi connectivity index (χ4v) is 6.32. The Morgan fingerprint density at radius 3 is 2.38 bits per heavy atom. The molecule has 0 bridgehead atoms. The van der Waals surface area contributed by atoms with Crippen LogP contribution in [-0.2, 0) is 14.8 Å². The van der Waals surface area contributed by atoms with Crippen molar-refractivity contribution in [3.63, 3.8) is 0 Å². The minimum absolute atomic E-state index is 0.0789. The summed E-state index contributed by atoms with van der Waals surface area (Å²) in [5.74, 6) is -1.75. The van der Waals surface area contributed by atoms with Crippen LogP contribution in [0.3, 0.4) is 0 Å². The Kier molecular flexibility index (Phi) is 7.72. The Balaban J connectivity index is 0.000000360. The summed E-state index contributed by atoms with van der Waals surface area (Å²) in [6.07, 6.45) is 1.61. The number of rotatable bonds is 2. The number of aliphatic carboxylic acids is 1. The van der Waals surface area contributed by atoms with Gasteiger partial charge < -0.3 is 15.2 Å². The molecule has 1 aromatic carbocycles. The first-order valence-corrected chi connectivity index (χ1v) is 12.2. The highest BCUT2D eigenvalue weighted by Crippen LogP contribution is 2.39. The Morgan fingerprint density at radius 2 is 1.78 bits per heavy atom. The van der Waals surface area contributed by atoms with E-state index in [2.05, 4.69) is 5.32 Å². The predicted molar refractivity (Wildman–Crippen MR) is 111 cm³/mol. The van der Waals surface area contributed by atoms with Gasteiger partial charge in [-0.15, -0.1) is 0 Å². The molecule has 11 heteroatoms. The largest absolute Gasteiger partial charge is 0.492 e. The number of piperidine rings is 1. The van der Waals surface area contributed by atoms with Gasteiger partial charge in [-0.1, -0.05) is 25.0 Å². The fourth-order valence-electron chi connectivity index (χ4n) is 4.56. The van der Waals surface area contributed by atoms with Crippen molar-refractivity contribution in [3.05, 3.63) is 24.3 Å². The molecule has 1 saturated carbocycles. The van der Waals surface area contributed by atoms with Gasteiger partial charge in [0.15, 0.2) is 0 Å². The molecule has 0 radical (unpaired) electrons. The van der Waals surface area contributed by atoms with Crippen LogP contribution in [0.1, 0.15) is 38.5 Å². The summed E-state index contributed by atoms with van der Waals surface area (Å²) in [6, 6.07) is 7.12. The summed E-state index contributed by atoms with van der Waals surface area (Å²) in [6.45, 7) is 3.71. The topological polar surface area (TPSA) is 95.9 Å². The molecule has 4 rings (SSSR count). The highest BCUT2D eigenvalue weighted by atomic mass is 32.2.